The third-order valence-corrected chi connectivity index (χ3v) is 2.47. The Morgan fingerprint density at radius 1 is 1.45 bits per heavy atom. The zero-order valence-corrected chi connectivity index (χ0v) is 6.38. The maximum Gasteiger partial charge on any atom is 0.0937 e. The zero-order valence-electron chi connectivity index (χ0n) is 6.38. The van der Waals surface area contributed by atoms with Gasteiger partial charge in [-0.25, -0.2) is 0 Å². The number of hydrogen-bond donors (Lipinski definition) is 4. The summed E-state index contributed by atoms with van der Waals surface area (Å²) >= 11 is 0. The Bertz CT molecular complexity index is 158. The Labute approximate surface area is 65.5 Å². The highest BCUT2D eigenvalue weighted by atomic mass is 16.3. The topological polar surface area (TPSA) is 90.3 Å². The highest BCUT2D eigenvalue weighted by Crippen LogP contribution is 2.44. The van der Waals surface area contributed by atoms with Crippen LogP contribution in [0.3, 0.4) is 0 Å². The molecule has 0 radical (unpaired) electrons. The lowest BCUT2D eigenvalue weighted by molar-refractivity contribution is -0.0288. The highest BCUT2D eigenvalue weighted by molar-refractivity contribution is 5.80. The molecule has 4 heteroatoms. The second-order valence-corrected chi connectivity index (χ2v) is 3.38. The predicted octanol–water partition coefficient (Wildman–Crippen LogP) is -0.697. The van der Waals surface area contributed by atoms with Crippen LogP contribution in [0.25, 0.3) is 0 Å². The van der Waals surface area contributed by atoms with Crippen LogP contribution in [-0.4, -0.2) is 29.3 Å². The van der Waals surface area contributed by atoms with Crippen LogP contribution in [0, 0.1) is 16.7 Å². The van der Waals surface area contributed by atoms with Crippen molar-refractivity contribution in [1.82, 2.24) is 0 Å². The van der Waals surface area contributed by atoms with E-state index in [2.05, 4.69) is 0 Å². The number of aliphatic hydroxyl groups is 2. The fraction of sp³-hybridized carbons (Fsp3) is 0.857. The Kier molecular flexibility index (Phi) is 2.15. The molecule has 0 saturated heterocycles. The van der Waals surface area contributed by atoms with Gasteiger partial charge in [0, 0.05) is 11.3 Å². The van der Waals surface area contributed by atoms with Gasteiger partial charge in [-0.1, -0.05) is 0 Å². The SMILES string of the molecule is N=C(N)C1CC(CO)(CO)C1. The summed E-state index contributed by atoms with van der Waals surface area (Å²) in [5.41, 5.74) is 4.90. The lowest BCUT2D eigenvalue weighted by Gasteiger charge is -2.44. The summed E-state index contributed by atoms with van der Waals surface area (Å²) in [6.45, 7) is -0.0133. The van der Waals surface area contributed by atoms with Gasteiger partial charge in [0.2, 0.25) is 0 Å². The Hall–Kier alpha value is -0.610. The summed E-state index contributed by atoms with van der Waals surface area (Å²) in [7, 11) is 0. The summed E-state index contributed by atoms with van der Waals surface area (Å²) in [6, 6.07) is 0. The molecule has 1 rings (SSSR count). The molecule has 1 aliphatic rings. The van der Waals surface area contributed by atoms with Crippen LogP contribution in [0.1, 0.15) is 12.8 Å². The molecule has 4 nitrogen and oxygen atoms in total. The van der Waals surface area contributed by atoms with E-state index in [1.807, 2.05) is 0 Å². The van der Waals surface area contributed by atoms with Crippen LogP contribution >= 0.6 is 0 Å². The average molecular weight is 158 g/mol. The highest BCUT2D eigenvalue weighted by Gasteiger charge is 2.44. The van der Waals surface area contributed by atoms with Crippen LogP contribution in [0.4, 0.5) is 0 Å². The van der Waals surface area contributed by atoms with Crippen molar-refractivity contribution >= 4 is 5.84 Å². The fourth-order valence-electron chi connectivity index (χ4n) is 1.51. The largest absolute Gasteiger partial charge is 0.396 e. The predicted molar refractivity (Wildman–Crippen MR) is 41.2 cm³/mol. The third kappa shape index (κ3) is 1.36. The maximum absolute atomic E-state index is 8.86. The first-order chi connectivity index (χ1) is 5.13. The van der Waals surface area contributed by atoms with E-state index in [-0.39, 0.29) is 30.4 Å². The van der Waals surface area contributed by atoms with E-state index in [1.54, 1.807) is 0 Å². The molecule has 1 saturated carbocycles. The van der Waals surface area contributed by atoms with Crippen LogP contribution < -0.4 is 5.73 Å². The van der Waals surface area contributed by atoms with E-state index < -0.39 is 0 Å². The van der Waals surface area contributed by atoms with E-state index in [4.69, 9.17) is 21.4 Å². The summed E-state index contributed by atoms with van der Waals surface area (Å²) in [6.07, 6.45) is 1.30. The van der Waals surface area contributed by atoms with Gasteiger partial charge in [0.15, 0.2) is 0 Å². The second kappa shape index (κ2) is 2.79. The standard InChI is InChI=1S/C7H14N2O2/c8-6(9)5-1-7(2-5,3-10)4-11/h5,10-11H,1-4H2,(H3,8,9). The first-order valence-corrected chi connectivity index (χ1v) is 3.69. The molecule has 0 spiro atoms. The van der Waals surface area contributed by atoms with E-state index in [9.17, 15) is 0 Å². The first-order valence-electron chi connectivity index (χ1n) is 3.69. The van der Waals surface area contributed by atoms with E-state index >= 15 is 0 Å². The molecule has 1 fully saturated rings. The first kappa shape index (κ1) is 8.49. The van der Waals surface area contributed by atoms with Crippen LogP contribution in [-0.2, 0) is 0 Å². The Balaban J connectivity index is 2.41. The van der Waals surface area contributed by atoms with E-state index in [1.165, 1.54) is 0 Å². The van der Waals surface area contributed by atoms with Crippen molar-refractivity contribution in [3.63, 3.8) is 0 Å². The molecule has 0 heterocycles. The molecule has 11 heavy (non-hydrogen) atoms. The van der Waals surface area contributed by atoms with Gasteiger partial charge in [-0.2, -0.15) is 0 Å². The fourth-order valence-corrected chi connectivity index (χ4v) is 1.51. The number of nitrogens with one attached hydrogen (secondary N) is 1. The second-order valence-electron chi connectivity index (χ2n) is 3.38. The minimum absolute atomic E-state index is 0.00667. The van der Waals surface area contributed by atoms with Crippen molar-refractivity contribution in [2.45, 2.75) is 12.8 Å². The molecule has 1 aliphatic carbocycles. The molecule has 5 N–H and O–H groups in total. The molecule has 0 amide bonds. The van der Waals surface area contributed by atoms with Crippen LogP contribution in [0.5, 0.6) is 0 Å². The minimum Gasteiger partial charge on any atom is -0.396 e. The van der Waals surface area contributed by atoms with Gasteiger partial charge in [-0.15, -0.1) is 0 Å². The zero-order chi connectivity index (χ0) is 8.48. The van der Waals surface area contributed by atoms with E-state index in [0.717, 1.165) is 0 Å². The quantitative estimate of drug-likeness (QED) is 0.323. The van der Waals surface area contributed by atoms with Gasteiger partial charge in [0.05, 0.1) is 19.0 Å². The third-order valence-electron chi connectivity index (χ3n) is 2.47. The lowest BCUT2D eigenvalue weighted by Crippen LogP contribution is -2.47. The summed E-state index contributed by atoms with van der Waals surface area (Å²) in [5, 5.41) is 24.8. The van der Waals surface area contributed by atoms with Crippen LogP contribution in [0.15, 0.2) is 0 Å². The number of amidine groups is 1. The monoisotopic (exact) mass is 158 g/mol. The molecular weight excluding hydrogens is 144 g/mol. The maximum atomic E-state index is 8.86. The number of rotatable bonds is 3. The molecule has 0 aromatic carbocycles. The molecule has 0 aromatic heterocycles. The van der Waals surface area contributed by atoms with Gasteiger partial charge in [-0.3, -0.25) is 5.41 Å². The molecule has 0 bridgehead atoms. The normalized spacial score (nSPS) is 22.7. The summed E-state index contributed by atoms with van der Waals surface area (Å²) in [5.74, 6) is 0.247. The van der Waals surface area contributed by atoms with Gasteiger partial charge < -0.3 is 15.9 Å². The molecule has 0 aromatic rings. The van der Waals surface area contributed by atoms with Gasteiger partial charge in [0.25, 0.3) is 0 Å². The van der Waals surface area contributed by atoms with Crippen molar-refractivity contribution in [3.8, 4) is 0 Å². The van der Waals surface area contributed by atoms with Gasteiger partial charge in [0.1, 0.15) is 0 Å². The van der Waals surface area contributed by atoms with Crippen molar-refractivity contribution in [2.75, 3.05) is 13.2 Å². The van der Waals surface area contributed by atoms with Gasteiger partial charge in [-0.05, 0) is 12.8 Å². The number of hydrogen-bond acceptors (Lipinski definition) is 3. The molecule has 0 aliphatic heterocycles. The number of aliphatic hydroxyl groups excluding tert-OH is 2. The Morgan fingerprint density at radius 3 is 2.18 bits per heavy atom. The molecule has 0 atom stereocenters. The van der Waals surface area contributed by atoms with Crippen LogP contribution in [0.2, 0.25) is 0 Å². The summed E-state index contributed by atoms with van der Waals surface area (Å²) < 4.78 is 0. The molecule has 64 valence electrons. The van der Waals surface area contributed by atoms with Crippen molar-refractivity contribution in [3.05, 3.63) is 0 Å². The van der Waals surface area contributed by atoms with Crippen molar-refractivity contribution < 1.29 is 10.2 Å². The van der Waals surface area contributed by atoms with Crippen molar-refractivity contribution in [1.29, 1.82) is 5.41 Å². The van der Waals surface area contributed by atoms with Gasteiger partial charge >= 0.3 is 0 Å². The average Bonchev–Trinajstić information content (AvgIpc) is 1.87. The van der Waals surface area contributed by atoms with Crippen molar-refractivity contribution in [2.24, 2.45) is 17.1 Å². The molecule has 0 unspecified atom stereocenters. The minimum atomic E-state index is -0.351. The molecular formula is C7H14N2O2. The Morgan fingerprint density at radius 2 is 1.91 bits per heavy atom. The number of nitrogens with two attached hydrogens (primary N) is 1. The smallest absolute Gasteiger partial charge is 0.0937 e. The summed E-state index contributed by atoms with van der Waals surface area (Å²) in [4.78, 5) is 0. The lowest BCUT2D eigenvalue weighted by atomic mass is 9.62. The van der Waals surface area contributed by atoms with E-state index in [0.29, 0.717) is 12.8 Å².